The number of ether oxygens (including phenoxy) is 1. The van der Waals surface area contributed by atoms with E-state index in [9.17, 15) is 9.59 Å². The van der Waals surface area contributed by atoms with Gasteiger partial charge in [-0.05, 0) is 41.0 Å². The molecule has 0 N–H and O–H groups in total. The first-order valence-electron chi connectivity index (χ1n) is 9.37. The highest BCUT2D eigenvalue weighted by Crippen LogP contribution is 2.46. The Bertz CT molecular complexity index is 593. The molecule has 0 saturated heterocycles. The van der Waals surface area contributed by atoms with Crippen molar-refractivity contribution in [1.82, 2.24) is 0 Å². The quantitative estimate of drug-likeness (QED) is 0.395. The molecule has 0 radical (unpaired) electrons. The molecule has 2 aliphatic rings. The van der Waals surface area contributed by atoms with Crippen molar-refractivity contribution in [3.05, 3.63) is 23.3 Å². The van der Waals surface area contributed by atoms with Crippen molar-refractivity contribution in [3.63, 3.8) is 0 Å². The van der Waals surface area contributed by atoms with Crippen molar-refractivity contribution in [1.29, 1.82) is 0 Å². The van der Waals surface area contributed by atoms with Crippen molar-refractivity contribution in [3.8, 4) is 0 Å². The summed E-state index contributed by atoms with van der Waals surface area (Å²) in [4.78, 5) is 24.0. The maximum atomic E-state index is 12.0. The highest BCUT2D eigenvalue weighted by molar-refractivity contribution is 6.77. The molecular weight excluding hydrogens is 332 g/mol. The molecule has 0 amide bonds. The smallest absolute Gasteiger partial charge is 0.346 e. The summed E-state index contributed by atoms with van der Waals surface area (Å²) in [6.45, 7) is 19.8. The Hall–Kier alpha value is -1.20. The molecule has 0 spiro atoms. The fourth-order valence-electron chi connectivity index (χ4n) is 4.79. The van der Waals surface area contributed by atoms with E-state index in [4.69, 9.17) is 9.16 Å². The van der Waals surface area contributed by atoms with E-state index in [1.54, 1.807) is 0 Å². The Balaban J connectivity index is 2.34. The Labute approximate surface area is 152 Å². The molecule has 0 aromatic rings. The van der Waals surface area contributed by atoms with Crippen molar-refractivity contribution < 1.29 is 18.8 Å². The normalized spacial score (nSPS) is 25.1. The van der Waals surface area contributed by atoms with Crippen LogP contribution in [-0.2, 0) is 18.8 Å². The Morgan fingerprint density at radius 1 is 1.00 bits per heavy atom. The highest BCUT2D eigenvalue weighted by atomic mass is 28.4. The summed E-state index contributed by atoms with van der Waals surface area (Å²) in [5, 5.41) is 0. The first-order chi connectivity index (χ1) is 11.5. The van der Waals surface area contributed by atoms with E-state index in [0.717, 1.165) is 0 Å². The van der Waals surface area contributed by atoms with E-state index in [-0.39, 0.29) is 12.0 Å². The van der Waals surface area contributed by atoms with Crippen LogP contribution in [0.25, 0.3) is 0 Å². The Kier molecular flexibility index (Phi) is 5.79. The summed E-state index contributed by atoms with van der Waals surface area (Å²) in [6.07, 6.45) is 1.09. The minimum Gasteiger partial charge on any atom is -0.413 e. The van der Waals surface area contributed by atoms with Crippen LogP contribution in [0.3, 0.4) is 0 Å². The lowest BCUT2D eigenvalue weighted by Gasteiger charge is -2.45. The molecule has 0 aromatic heterocycles. The van der Waals surface area contributed by atoms with Crippen molar-refractivity contribution in [2.75, 3.05) is 0 Å². The molecule has 140 valence electrons. The molecule has 2 atom stereocenters. The zero-order chi connectivity index (χ0) is 19.1. The lowest BCUT2D eigenvalue weighted by molar-refractivity contribution is -0.151. The topological polar surface area (TPSA) is 52.6 Å². The van der Waals surface area contributed by atoms with Crippen LogP contribution in [0.15, 0.2) is 23.3 Å². The Morgan fingerprint density at radius 2 is 1.52 bits per heavy atom. The standard InChI is InChI=1S/C20H32O4Si/c1-11(2)25(12(3)4,13(5)6)24-17-10-15(8)18-16(9-14(17)7)19(21)23-20(18)22/h11-14,17H,8-10H2,1-7H3/t14-,17+/m1/s1. The van der Waals surface area contributed by atoms with Gasteiger partial charge in [0.15, 0.2) is 0 Å². The van der Waals surface area contributed by atoms with Gasteiger partial charge >= 0.3 is 11.9 Å². The van der Waals surface area contributed by atoms with Gasteiger partial charge in [0.1, 0.15) is 0 Å². The molecule has 0 aromatic carbocycles. The second-order valence-corrected chi connectivity index (χ2v) is 13.9. The summed E-state index contributed by atoms with van der Waals surface area (Å²) in [6, 6.07) is 0. The van der Waals surface area contributed by atoms with Gasteiger partial charge in [-0.25, -0.2) is 9.59 Å². The lowest BCUT2D eigenvalue weighted by Crippen LogP contribution is -2.51. The van der Waals surface area contributed by atoms with Crippen LogP contribution in [0.5, 0.6) is 0 Å². The molecule has 0 bridgehead atoms. The number of carbonyl (C=O) groups is 2. The van der Waals surface area contributed by atoms with Gasteiger partial charge in [-0.1, -0.05) is 55.0 Å². The molecule has 0 unspecified atom stereocenters. The number of rotatable bonds is 5. The minimum absolute atomic E-state index is 0.0161. The maximum absolute atomic E-state index is 12.0. The van der Waals surface area contributed by atoms with E-state index in [2.05, 4.69) is 55.0 Å². The summed E-state index contributed by atoms with van der Waals surface area (Å²) in [5.41, 5.74) is 3.03. The predicted octanol–water partition coefficient (Wildman–Crippen LogP) is 4.91. The van der Waals surface area contributed by atoms with Crippen molar-refractivity contribution >= 4 is 20.3 Å². The van der Waals surface area contributed by atoms with Crippen molar-refractivity contribution in [2.24, 2.45) is 5.92 Å². The number of cyclic esters (lactones) is 2. The number of hydrogen-bond donors (Lipinski definition) is 0. The molecule has 25 heavy (non-hydrogen) atoms. The average Bonchev–Trinajstić information content (AvgIpc) is 2.68. The van der Waals surface area contributed by atoms with Gasteiger partial charge in [0, 0.05) is 0 Å². The van der Waals surface area contributed by atoms with Gasteiger partial charge < -0.3 is 9.16 Å². The fraction of sp³-hybridized carbons (Fsp3) is 0.700. The molecule has 4 nitrogen and oxygen atoms in total. The van der Waals surface area contributed by atoms with Gasteiger partial charge in [0.2, 0.25) is 8.32 Å². The largest absolute Gasteiger partial charge is 0.413 e. The highest BCUT2D eigenvalue weighted by Gasteiger charge is 2.48. The third-order valence-electron chi connectivity index (χ3n) is 5.96. The number of hydrogen-bond acceptors (Lipinski definition) is 4. The van der Waals surface area contributed by atoms with Crippen LogP contribution in [-0.4, -0.2) is 26.4 Å². The molecule has 1 heterocycles. The van der Waals surface area contributed by atoms with Crippen LogP contribution in [0, 0.1) is 5.92 Å². The summed E-state index contributed by atoms with van der Waals surface area (Å²) in [7, 11) is -2.04. The lowest BCUT2D eigenvalue weighted by atomic mass is 9.97. The SMILES string of the molecule is C=C1C[C@H](O[Si](C(C)C)(C(C)C)C(C)C)[C@H](C)CC2=C1C(=O)OC2=O. The van der Waals surface area contributed by atoms with Crippen LogP contribution in [0.4, 0.5) is 0 Å². The second kappa shape index (κ2) is 7.20. The van der Waals surface area contributed by atoms with Gasteiger partial charge in [0.05, 0.1) is 17.3 Å². The second-order valence-electron chi connectivity index (χ2n) is 8.49. The van der Waals surface area contributed by atoms with Gasteiger partial charge in [-0.2, -0.15) is 0 Å². The third kappa shape index (κ3) is 3.41. The van der Waals surface area contributed by atoms with Crippen LogP contribution < -0.4 is 0 Å². The first-order valence-corrected chi connectivity index (χ1v) is 11.5. The fourth-order valence-corrected chi connectivity index (χ4v) is 10.4. The molecule has 0 saturated carbocycles. The van der Waals surface area contributed by atoms with Crippen molar-refractivity contribution in [2.45, 2.75) is 84.0 Å². The van der Waals surface area contributed by atoms with Crippen LogP contribution >= 0.6 is 0 Å². The van der Waals surface area contributed by atoms with E-state index in [0.29, 0.717) is 46.2 Å². The van der Waals surface area contributed by atoms with E-state index < -0.39 is 20.3 Å². The molecule has 2 rings (SSSR count). The summed E-state index contributed by atoms with van der Waals surface area (Å²) >= 11 is 0. The van der Waals surface area contributed by atoms with Gasteiger partial charge in [-0.15, -0.1) is 0 Å². The average molecular weight is 365 g/mol. The van der Waals surface area contributed by atoms with Gasteiger partial charge in [-0.3, -0.25) is 0 Å². The minimum atomic E-state index is -2.04. The zero-order valence-electron chi connectivity index (χ0n) is 16.6. The molecule has 1 aliphatic heterocycles. The summed E-state index contributed by atoms with van der Waals surface area (Å²) in [5.74, 6) is -0.905. The van der Waals surface area contributed by atoms with Crippen LogP contribution in [0.1, 0.15) is 61.3 Å². The van der Waals surface area contributed by atoms with E-state index in [1.165, 1.54) is 0 Å². The molecule has 0 fully saturated rings. The molecular formula is C20H32O4Si. The van der Waals surface area contributed by atoms with E-state index >= 15 is 0 Å². The maximum Gasteiger partial charge on any atom is 0.346 e. The molecule has 5 heteroatoms. The predicted molar refractivity (Wildman–Crippen MR) is 102 cm³/mol. The summed E-state index contributed by atoms with van der Waals surface area (Å²) < 4.78 is 11.7. The third-order valence-corrected chi connectivity index (χ3v) is 12.1. The van der Waals surface area contributed by atoms with Crippen LogP contribution in [0.2, 0.25) is 16.6 Å². The van der Waals surface area contributed by atoms with Gasteiger partial charge in [0.25, 0.3) is 0 Å². The number of esters is 2. The first kappa shape index (κ1) is 20.1. The zero-order valence-corrected chi connectivity index (χ0v) is 17.6. The Morgan fingerprint density at radius 3 is 2.00 bits per heavy atom. The monoisotopic (exact) mass is 364 g/mol. The number of carbonyl (C=O) groups excluding carboxylic acids is 2. The molecule has 1 aliphatic carbocycles. The van der Waals surface area contributed by atoms with E-state index in [1.807, 2.05) is 0 Å².